The highest BCUT2D eigenvalue weighted by molar-refractivity contribution is 5.92. The van der Waals surface area contributed by atoms with Gasteiger partial charge in [-0.2, -0.15) is 0 Å². The van der Waals surface area contributed by atoms with E-state index in [1.807, 2.05) is 30.3 Å². The van der Waals surface area contributed by atoms with E-state index >= 15 is 0 Å². The maximum atomic E-state index is 12.8. The molecule has 0 aromatic heterocycles. The number of hydrogen-bond acceptors (Lipinski definition) is 3. The average Bonchev–Trinajstić information content (AvgIpc) is 2.48. The minimum Gasteiger partial charge on any atom is -0.352 e. The van der Waals surface area contributed by atoms with Crippen molar-refractivity contribution in [3.05, 3.63) is 35.9 Å². The molecule has 3 N–H and O–H groups in total. The summed E-state index contributed by atoms with van der Waals surface area (Å²) < 4.78 is 0. The van der Waals surface area contributed by atoms with Gasteiger partial charge in [0.05, 0.1) is 5.92 Å². The molecule has 0 bridgehead atoms. The van der Waals surface area contributed by atoms with Gasteiger partial charge in [0, 0.05) is 19.6 Å². The van der Waals surface area contributed by atoms with E-state index in [9.17, 15) is 9.59 Å². The van der Waals surface area contributed by atoms with Gasteiger partial charge in [0.15, 0.2) is 0 Å². The summed E-state index contributed by atoms with van der Waals surface area (Å²) in [5.41, 5.74) is 6.07. The number of hydrogen-bond donors (Lipinski definition) is 2. The lowest BCUT2D eigenvalue weighted by Gasteiger charge is -2.42. The Hall–Kier alpha value is -1.88. The van der Waals surface area contributed by atoms with Gasteiger partial charge < -0.3 is 16.0 Å². The molecule has 0 aliphatic carbocycles. The zero-order valence-corrected chi connectivity index (χ0v) is 12.6. The second-order valence-electron chi connectivity index (χ2n) is 5.93. The van der Waals surface area contributed by atoms with Gasteiger partial charge in [0.1, 0.15) is 5.54 Å². The fraction of sp³-hybridized carbons (Fsp3) is 0.500. The van der Waals surface area contributed by atoms with E-state index in [-0.39, 0.29) is 24.3 Å². The van der Waals surface area contributed by atoms with Crippen molar-refractivity contribution in [1.29, 1.82) is 0 Å². The van der Waals surface area contributed by atoms with Crippen LogP contribution >= 0.6 is 0 Å². The second-order valence-corrected chi connectivity index (χ2v) is 5.93. The standard InChI is InChI=1S/C16H23N3O2/c1-16(2)15(21)18-8-9-19(16)14(20)13(11-17)10-12-6-4-3-5-7-12/h3-7,13H,8-11,17H2,1-2H3,(H,18,21). The fourth-order valence-electron chi connectivity index (χ4n) is 2.68. The van der Waals surface area contributed by atoms with Crippen molar-refractivity contribution in [3.8, 4) is 0 Å². The number of carbonyl (C=O) groups excluding carboxylic acids is 2. The van der Waals surface area contributed by atoms with E-state index in [2.05, 4.69) is 5.32 Å². The van der Waals surface area contributed by atoms with Crippen LogP contribution in [0, 0.1) is 5.92 Å². The van der Waals surface area contributed by atoms with Crippen molar-refractivity contribution in [3.63, 3.8) is 0 Å². The molecule has 1 atom stereocenters. The van der Waals surface area contributed by atoms with Crippen LogP contribution in [0.3, 0.4) is 0 Å². The molecule has 1 aromatic carbocycles. The van der Waals surface area contributed by atoms with Crippen LogP contribution in [0.2, 0.25) is 0 Å². The van der Waals surface area contributed by atoms with Crippen molar-refractivity contribution < 1.29 is 9.59 Å². The number of piperazine rings is 1. The van der Waals surface area contributed by atoms with Crippen LogP contribution < -0.4 is 11.1 Å². The Morgan fingerprint density at radius 1 is 1.38 bits per heavy atom. The molecule has 2 amide bonds. The van der Waals surface area contributed by atoms with Gasteiger partial charge in [0.25, 0.3) is 0 Å². The normalized spacial score (nSPS) is 19.0. The molecule has 1 saturated heterocycles. The molecule has 2 rings (SSSR count). The van der Waals surface area contributed by atoms with Crippen molar-refractivity contribution >= 4 is 11.8 Å². The molecule has 1 heterocycles. The quantitative estimate of drug-likeness (QED) is 0.849. The zero-order valence-electron chi connectivity index (χ0n) is 12.6. The van der Waals surface area contributed by atoms with Gasteiger partial charge in [-0.15, -0.1) is 0 Å². The zero-order chi connectivity index (χ0) is 15.5. The van der Waals surface area contributed by atoms with E-state index in [4.69, 9.17) is 5.73 Å². The molecule has 1 aliphatic rings. The third-order valence-electron chi connectivity index (χ3n) is 4.08. The van der Waals surface area contributed by atoms with Gasteiger partial charge in [-0.25, -0.2) is 0 Å². The molecule has 1 aromatic rings. The first-order valence-electron chi connectivity index (χ1n) is 7.30. The van der Waals surface area contributed by atoms with Crippen molar-refractivity contribution in [2.75, 3.05) is 19.6 Å². The summed E-state index contributed by atoms with van der Waals surface area (Å²) in [5.74, 6) is -0.448. The Balaban J connectivity index is 2.14. The van der Waals surface area contributed by atoms with Gasteiger partial charge in [-0.3, -0.25) is 9.59 Å². The molecule has 1 unspecified atom stereocenters. The third kappa shape index (κ3) is 3.24. The van der Waals surface area contributed by atoms with Crippen LogP contribution in [0.25, 0.3) is 0 Å². The minimum absolute atomic E-state index is 0.0406. The summed E-state index contributed by atoms with van der Waals surface area (Å²) in [7, 11) is 0. The van der Waals surface area contributed by atoms with E-state index < -0.39 is 5.54 Å². The highest BCUT2D eigenvalue weighted by Crippen LogP contribution is 2.21. The van der Waals surface area contributed by atoms with Crippen LogP contribution in [-0.2, 0) is 16.0 Å². The highest BCUT2D eigenvalue weighted by atomic mass is 16.2. The van der Waals surface area contributed by atoms with Crippen molar-refractivity contribution in [2.45, 2.75) is 25.8 Å². The Bertz CT molecular complexity index is 514. The predicted molar refractivity (Wildman–Crippen MR) is 81.5 cm³/mol. The van der Waals surface area contributed by atoms with Gasteiger partial charge in [-0.1, -0.05) is 30.3 Å². The maximum Gasteiger partial charge on any atom is 0.245 e. The van der Waals surface area contributed by atoms with Gasteiger partial charge in [0.2, 0.25) is 11.8 Å². The number of benzene rings is 1. The minimum atomic E-state index is -0.820. The average molecular weight is 289 g/mol. The van der Waals surface area contributed by atoms with Crippen LogP contribution in [0.4, 0.5) is 0 Å². The molecule has 0 spiro atoms. The smallest absolute Gasteiger partial charge is 0.245 e. The SMILES string of the molecule is CC1(C)C(=O)NCCN1C(=O)C(CN)Cc1ccccc1. The summed E-state index contributed by atoms with van der Waals surface area (Å²) in [5, 5.41) is 2.80. The van der Waals surface area contributed by atoms with E-state index in [0.29, 0.717) is 19.5 Å². The summed E-state index contributed by atoms with van der Waals surface area (Å²) in [4.78, 5) is 26.4. The lowest BCUT2D eigenvalue weighted by Crippen LogP contribution is -2.64. The van der Waals surface area contributed by atoms with Crippen LogP contribution in [0.1, 0.15) is 19.4 Å². The summed E-state index contributed by atoms with van der Waals surface area (Å²) in [6.07, 6.45) is 0.602. The lowest BCUT2D eigenvalue weighted by molar-refractivity contribution is -0.151. The number of amides is 2. The van der Waals surface area contributed by atoms with Crippen molar-refractivity contribution in [2.24, 2.45) is 11.7 Å². The topological polar surface area (TPSA) is 75.4 Å². The first kappa shape index (κ1) is 15.5. The molecule has 21 heavy (non-hydrogen) atoms. The molecule has 0 saturated carbocycles. The molecular weight excluding hydrogens is 266 g/mol. The molecule has 5 heteroatoms. The number of nitrogens with two attached hydrogens (primary N) is 1. The first-order valence-corrected chi connectivity index (χ1v) is 7.30. The van der Waals surface area contributed by atoms with Gasteiger partial charge >= 0.3 is 0 Å². The molecule has 1 fully saturated rings. The van der Waals surface area contributed by atoms with Crippen LogP contribution in [0.5, 0.6) is 0 Å². The molecular formula is C16H23N3O2. The van der Waals surface area contributed by atoms with Gasteiger partial charge in [-0.05, 0) is 25.8 Å². The summed E-state index contributed by atoms with van der Waals surface area (Å²) >= 11 is 0. The third-order valence-corrected chi connectivity index (χ3v) is 4.08. The second kappa shape index (κ2) is 6.26. The maximum absolute atomic E-state index is 12.8. The Labute approximate surface area is 125 Å². The van der Waals surface area contributed by atoms with E-state index in [0.717, 1.165) is 5.56 Å². The van der Waals surface area contributed by atoms with E-state index in [1.165, 1.54) is 0 Å². The lowest BCUT2D eigenvalue weighted by atomic mass is 9.93. The van der Waals surface area contributed by atoms with Crippen molar-refractivity contribution in [1.82, 2.24) is 10.2 Å². The predicted octanol–water partition coefficient (Wildman–Crippen LogP) is 0.541. The molecule has 1 aliphatic heterocycles. The largest absolute Gasteiger partial charge is 0.352 e. The summed E-state index contributed by atoms with van der Waals surface area (Å²) in [6, 6.07) is 9.83. The summed E-state index contributed by atoms with van der Waals surface area (Å²) in [6.45, 7) is 4.85. The molecule has 0 radical (unpaired) electrons. The molecule has 114 valence electrons. The van der Waals surface area contributed by atoms with Crippen LogP contribution in [-0.4, -0.2) is 41.9 Å². The van der Waals surface area contributed by atoms with Crippen LogP contribution in [0.15, 0.2) is 30.3 Å². The monoisotopic (exact) mass is 289 g/mol. The number of carbonyl (C=O) groups is 2. The van der Waals surface area contributed by atoms with E-state index in [1.54, 1.807) is 18.7 Å². The fourth-order valence-corrected chi connectivity index (χ4v) is 2.68. The first-order chi connectivity index (χ1) is 9.96. The number of rotatable bonds is 4. The number of nitrogens with zero attached hydrogens (tertiary/aromatic N) is 1. The Kier molecular flexibility index (Phi) is 4.63. The number of nitrogens with one attached hydrogen (secondary N) is 1. The Morgan fingerprint density at radius 2 is 2.05 bits per heavy atom. The highest BCUT2D eigenvalue weighted by Gasteiger charge is 2.42. The Morgan fingerprint density at radius 3 is 2.67 bits per heavy atom. The molecule has 5 nitrogen and oxygen atoms in total.